The maximum absolute atomic E-state index is 12.2. The molecule has 1 aliphatic rings. The molecule has 0 unspecified atom stereocenters. The molecule has 3 rings (SSSR count). The van der Waals surface area contributed by atoms with E-state index in [-0.39, 0.29) is 28.9 Å². The van der Waals surface area contributed by atoms with E-state index in [4.69, 9.17) is 14.2 Å². The molecule has 1 fully saturated rings. The maximum Gasteiger partial charge on any atom is 0.338 e. The molecule has 0 spiro atoms. The summed E-state index contributed by atoms with van der Waals surface area (Å²) < 4.78 is 16.5. The van der Waals surface area contributed by atoms with Gasteiger partial charge >= 0.3 is 5.97 Å². The van der Waals surface area contributed by atoms with Gasteiger partial charge in [0.25, 0.3) is 0 Å². The minimum Gasteiger partial charge on any atom is -0.459 e. The normalized spacial score (nSPS) is 23.2. The van der Waals surface area contributed by atoms with Crippen LogP contribution < -0.4 is 0 Å². The largest absolute Gasteiger partial charge is 0.459 e. The maximum atomic E-state index is 12.2. The Hall–Kier alpha value is -1.44. The van der Waals surface area contributed by atoms with Crippen LogP contribution in [0.25, 0.3) is 11.1 Å². The van der Waals surface area contributed by atoms with E-state index in [1.807, 2.05) is 42.5 Å². The zero-order valence-corrected chi connectivity index (χ0v) is 15.5. The average Bonchev–Trinajstić information content (AvgIpc) is 3.00. The number of methoxy groups -OCH3 is 1. The lowest BCUT2D eigenvalue weighted by Gasteiger charge is -2.14. The molecule has 126 valence electrons. The molecule has 1 saturated heterocycles. The fourth-order valence-electron chi connectivity index (χ4n) is 2.64. The highest BCUT2D eigenvalue weighted by atomic mass is 127. The molecule has 0 aromatic heterocycles. The average molecular weight is 438 g/mol. The Morgan fingerprint density at radius 2 is 1.79 bits per heavy atom. The van der Waals surface area contributed by atoms with E-state index < -0.39 is 0 Å². The van der Waals surface area contributed by atoms with E-state index in [1.54, 1.807) is 19.2 Å². The van der Waals surface area contributed by atoms with Gasteiger partial charge < -0.3 is 14.2 Å². The van der Waals surface area contributed by atoms with Crippen LogP contribution in [0.1, 0.15) is 16.8 Å². The molecule has 0 radical (unpaired) electrons. The van der Waals surface area contributed by atoms with Crippen LogP contribution in [0.4, 0.5) is 0 Å². The topological polar surface area (TPSA) is 44.8 Å². The number of halogens is 1. The predicted octanol–water partition coefficient (Wildman–Crippen LogP) is 4.08. The lowest BCUT2D eigenvalue weighted by atomic mass is 10.0. The summed E-state index contributed by atoms with van der Waals surface area (Å²) in [5.41, 5.74) is 2.73. The summed E-state index contributed by atoms with van der Waals surface area (Å²) in [6.07, 6.45) is 0.481. The van der Waals surface area contributed by atoms with Gasteiger partial charge in [0.05, 0.1) is 5.56 Å². The molecule has 24 heavy (non-hydrogen) atoms. The minimum absolute atomic E-state index is 0.122. The van der Waals surface area contributed by atoms with Crippen LogP contribution in [-0.2, 0) is 14.2 Å². The Bertz CT molecular complexity index is 672. The third kappa shape index (κ3) is 4.15. The van der Waals surface area contributed by atoms with Gasteiger partial charge in [0.2, 0.25) is 0 Å². The van der Waals surface area contributed by atoms with Gasteiger partial charge in [-0.15, -0.1) is 0 Å². The molecule has 1 aliphatic heterocycles. The second-order valence-electron chi connectivity index (χ2n) is 5.63. The summed E-state index contributed by atoms with van der Waals surface area (Å²) in [6, 6.07) is 17.5. The lowest BCUT2D eigenvalue weighted by Crippen LogP contribution is -2.25. The van der Waals surface area contributed by atoms with Crippen molar-refractivity contribution < 1.29 is 19.0 Å². The van der Waals surface area contributed by atoms with Crippen LogP contribution in [0.5, 0.6) is 0 Å². The van der Waals surface area contributed by atoms with Crippen LogP contribution in [0.15, 0.2) is 54.6 Å². The molecular weight excluding hydrogens is 419 g/mol. The van der Waals surface area contributed by atoms with E-state index in [0.29, 0.717) is 5.56 Å². The Balaban J connectivity index is 1.58. The van der Waals surface area contributed by atoms with Crippen molar-refractivity contribution in [3.8, 4) is 11.1 Å². The van der Waals surface area contributed by atoms with Gasteiger partial charge in [-0.05, 0) is 23.3 Å². The molecule has 4 nitrogen and oxygen atoms in total. The van der Waals surface area contributed by atoms with E-state index in [0.717, 1.165) is 17.5 Å². The Kier molecular flexibility index (Phi) is 5.86. The van der Waals surface area contributed by atoms with Gasteiger partial charge in [0.15, 0.2) is 6.29 Å². The molecule has 0 N–H and O–H groups in total. The first kappa shape index (κ1) is 17.4. The molecular formula is C19H19IO4. The smallest absolute Gasteiger partial charge is 0.338 e. The van der Waals surface area contributed by atoms with Crippen molar-refractivity contribution in [2.24, 2.45) is 0 Å². The number of esters is 1. The van der Waals surface area contributed by atoms with Crippen molar-refractivity contribution >= 4 is 28.6 Å². The monoisotopic (exact) mass is 438 g/mol. The van der Waals surface area contributed by atoms with Crippen molar-refractivity contribution in [2.45, 2.75) is 22.7 Å². The number of benzene rings is 2. The van der Waals surface area contributed by atoms with Gasteiger partial charge in [-0.2, -0.15) is 0 Å². The summed E-state index contributed by atoms with van der Waals surface area (Å²) in [7, 11) is 1.62. The van der Waals surface area contributed by atoms with Crippen molar-refractivity contribution in [3.05, 3.63) is 60.2 Å². The Labute approximate surface area is 155 Å². The first-order valence-corrected chi connectivity index (χ1v) is 9.07. The van der Waals surface area contributed by atoms with E-state index in [9.17, 15) is 4.79 Å². The summed E-state index contributed by atoms with van der Waals surface area (Å²) in [5.74, 6) is -0.331. The zero-order valence-electron chi connectivity index (χ0n) is 13.4. The Morgan fingerprint density at radius 1 is 1.12 bits per heavy atom. The fraction of sp³-hybridized carbons (Fsp3) is 0.316. The lowest BCUT2D eigenvalue weighted by molar-refractivity contribution is -0.123. The molecule has 5 heteroatoms. The minimum atomic E-state index is -0.331. The number of ether oxygens (including phenoxy) is 3. The molecule has 3 atom stereocenters. The zero-order chi connectivity index (χ0) is 16.9. The molecule has 0 saturated carbocycles. The van der Waals surface area contributed by atoms with Crippen LogP contribution in [0.3, 0.4) is 0 Å². The van der Waals surface area contributed by atoms with Crippen molar-refractivity contribution in [2.75, 3.05) is 13.7 Å². The number of carbonyl (C=O) groups is 1. The highest BCUT2D eigenvalue weighted by Gasteiger charge is 2.34. The summed E-state index contributed by atoms with van der Waals surface area (Å²) in [6.45, 7) is 0.243. The van der Waals surface area contributed by atoms with Crippen molar-refractivity contribution in [1.82, 2.24) is 0 Å². The van der Waals surface area contributed by atoms with E-state index in [1.165, 1.54) is 0 Å². The van der Waals surface area contributed by atoms with Crippen LogP contribution in [0, 0.1) is 0 Å². The number of carbonyl (C=O) groups excluding carboxylic acids is 1. The molecule has 0 amide bonds. The number of rotatable bonds is 5. The van der Waals surface area contributed by atoms with Crippen molar-refractivity contribution in [3.63, 3.8) is 0 Å². The second-order valence-corrected chi connectivity index (χ2v) is 7.23. The molecule has 1 heterocycles. The first-order chi connectivity index (χ1) is 11.7. The molecule has 0 bridgehead atoms. The third-order valence-electron chi connectivity index (χ3n) is 4.02. The van der Waals surface area contributed by atoms with Gasteiger partial charge in [0.1, 0.15) is 12.7 Å². The number of hydrogen-bond acceptors (Lipinski definition) is 4. The van der Waals surface area contributed by atoms with Gasteiger partial charge in [-0.1, -0.05) is 65.1 Å². The molecule has 0 aliphatic carbocycles. The van der Waals surface area contributed by atoms with Crippen LogP contribution >= 0.6 is 22.6 Å². The highest BCUT2D eigenvalue weighted by Crippen LogP contribution is 2.28. The summed E-state index contributed by atoms with van der Waals surface area (Å²) in [4.78, 5) is 12.2. The van der Waals surface area contributed by atoms with Crippen molar-refractivity contribution in [1.29, 1.82) is 0 Å². The number of hydrogen-bond donors (Lipinski definition) is 0. The van der Waals surface area contributed by atoms with Gasteiger partial charge in [-0.3, -0.25) is 0 Å². The van der Waals surface area contributed by atoms with Crippen LogP contribution in [0.2, 0.25) is 0 Å². The summed E-state index contributed by atoms with van der Waals surface area (Å²) >= 11 is 2.31. The van der Waals surface area contributed by atoms with Gasteiger partial charge in [0, 0.05) is 17.5 Å². The van der Waals surface area contributed by atoms with E-state index >= 15 is 0 Å². The van der Waals surface area contributed by atoms with E-state index in [2.05, 4.69) is 22.6 Å². The SMILES string of the molecule is CO[C@@H]1C[C@@H](I)[C@@H](COC(=O)c2ccc(-c3ccccc3)cc2)O1. The first-order valence-electron chi connectivity index (χ1n) is 7.82. The molecule has 2 aromatic carbocycles. The third-order valence-corrected chi connectivity index (χ3v) is 5.33. The second kappa shape index (κ2) is 8.09. The highest BCUT2D eigenvalue weighted by molar-refractivity contribution is 14.1. The number of alkyl halides is 1. The standard InChI is InChI=1S/C19H19IO4/c1-22-18-11-16(20)17(24-18)12-23-19(21)15-9-7-14(8-10-15)13-5-3-2-4-6-13/h2-10,16-18H,11-12H2,1H3/t16-,17-,18+/m1/s1. The predicted molar refractivity (Wildman–Crippen MR) is 100 cm³/mol. The fourth-order valence-corrected chi connectivity index (χ4v) is 3.43. The summed E-state index contributed by atoms with van der Waals surface area (Å²) in [5, 5.41) is 0. The Morgan fingerprint density at radius 3 is 2.42 bits per heavy atom. The van der Waals surface area contributed by atoms with Gasteiger partial charge in [-0.25, -0.2) is 4.79 Å². The van der Waals surface area contributed by atoms with Crippen LogP contribution in [-0.4, -0.2) is 36.0 Å². The quantitative estimate of drug-likeness (QED) is 0.401. The molecule has 2 aromatic rings.